The van der Waals surface area contributed by atoms with E-state index in [0.717, 1.165) is 5.56 Å². The highest BCUT2D eigenvalue weighted by atomic mass is 32.2. The van der Waals surface area contributed by atoms with Gasteiger partial charge in [-0.1, -0.05) is 17.3 Å². The predicted molar refractivity (Wildman–Crippen MR) is 149 cm³/mol. The second kappa shape index (κ2) is 12.9. The number of hydrogen-bond donors (Lipinski definition) is 2. The zero-order valence-electron chi connectivity index (χ0n) is 22.8. The van der Waals surface area contributed by atoms with Crippen molar-refractivity contribution in [2.24, 2.45) is 0 Å². The number of nitrogens with one attached hydrogen (secondary N) is 2. The summed E-state index contributed by atoms with van der Waals surface area (Å²) in [6, 6.07) is 11.7. The summed E-state index contributed by atoms with van der Waals surface area (Å²) in [4.78, 5) is 44.7. The van der Waals surface area contributed by atoms with Crippen molar-refractivity contribution in [2.75, 3.05) is 32.6 Å². The topological polar surface area (TPSA) is 145 Å². The molecule has 41 heavy (non-hydrogen) atoms. The molecular weight excluding hydrogens is 550 g/mol. The fourth-order valence-corrected chi connectivity index (χ4v) is 5.34. The summed E-state index contributed by atoms with van der Waals surface area (Å²) >= 11 is 1.39. The molecule has 0 radical (unpaired) electrons. The monoisotopic (exact) mass is 581 g/mol. The van der Waals surface area contributed by atoms with Gasteiger partial charge in [0.05, 0.1) is 24.7 Å². The maximum atomic E-state index is 13.4. The third-order valence-electron chi connectivity index (χ3n) is 6.72. The van der Waals surface area contributed by atoms with Crippen molar-refractivity contribution in [1.82, 2.24) is 25.7 Å². The number of aromatic nitrogens is 2. The lowest BCUT2D eigenvalue weighted by Gasteiger charge is -2.39. The van der Waals surface area contributed by atoms with Gasteiger partial charge in [-0.15, -0.1) is 11.8 Å². The predicted octanol–water partition coefficient (Wildman–Crippen LogP) is 2.11. The summed E-state index contributed by atoms with van der Waals surface area (Å²) in [5.41, 5.74) is 1.22. The molecular formula is C28H31N5O7S. The van der Waals surface area contributed by atoms with Gasteiger partial charge in [0, 0.05) is 31.6 Å². The number of carbonyl (C=O) groups excluding carboxylic acids is 3. The average Bonchev–Trinajstić information content (AvgIpc) is 3.40. The highest BCUT2D eigenvalue weighted by molar-refractivity contribution is 7.99. The Kier molecular flexibility index (Phi) is 8.92. The molecule has 4 heterocycles. The Morgan fingerprint density at radius 3 is 2.78 bits per heavy atom. The normalized spacial score (nSPS) is 19.2. The Morgan fingerprint density at radius 1 is 1.20 bits per heavy atom. The van der Waals surface area contributed by atoms with Gasteiger partial charge in [0.1, 0.15) is 11.9 Å². The van der Waals surface area contributed by atoms with Crippen LogP contribution in [0.25, 0.3) is 0 Å². The Hall–Kier alpha value is -4.26. The van der Waals surface area contributed by atoms with E-state index in [-0.39, 0.29) is 48.5 Å². The number of likely N-dealkylation sites (tertiary alicyclic amines) is 1. The lowest BCUT2D eigenvalue weighted by molar-refractivity contribution is -0.130. The summed E-state index contributed by atoms with van der Waals surface area (Å²) in [7, 11) is 1.48. The van der Waals surface area contributed by atoms with E-state index in [1.807, 2.05) is 24.3 Å². The van der Waals surface area contributed by atoms with Gasteiger partial charge >= 0.3 is 0 Å². The van der Waals surface area contributed by atoms with E-state index in [1.165, 1.54) is 24.9 Å². The molecule has 2 N–H and O–H groups in total. The van der Waals surface area contributed by atoms with Gasteiger partial charge in [-0.25, -0.2) is 0 Å². The summed E-state index contributed by atoms with van der Waals surface area (Å²) in [6.45, 7) is 2.60. The van der Waals surface area contributed by atoms with Crippen molar-refractivity contribution in [3.8, 4) is 17.2 Å². The standard InChI is InChI=1S/C28H31N5O7S/c1-17-30-26(40-32-17)15-41-16-27(35)33-10-9-22-21(13-33)31-28(36)19-5-8-23(37-2)24(11-19)38-14-25(34)29-12-18-3-6-20(39-22)7-4-18/h3-8,11,21-22H,9-10,12-16H2,1-2H3,(H,29,34)(H,31,36)/t21-,22+/m0/s1. The van der Waals surface area contributed by atoms with Crippen LogP contribution >= 0.6 is 11.8 Å². The molecule has 1 fully saturated rings. The van der Waals surface area contributed by atoms with E-state index in [2.05, 4.69) is 20.8 Å². The minimum Gasteiger partial charge on any atom is -0.493 e. The molecule has 2 aromatic carbocycles. The van der Waals surface area contributed by atoms with Crippen LogP contribution in [0, 0.1) is 6.92 Å². The number of thioether (sulfide) groups is 1. The summed E-state index contributed by atoms with van der Waals surface area (Å²) < 4.78 is 22.5. The number of ether oxygens (including phenoxy) is 3. The van der Waals surface area contributed by atoms with E-state index in [4.69, 9.17) is 18.7 Å². The Morgan fingerprint density at radius 2 is 2.02 bits per heavy atom. The number of aryl methyl sites for hydroxylation is 1. The molecule has 0 unspecified atom stereocenters. The first-order valence-corrected chi connectivity index (χ1v) is 14.3. The van der Waals surface area contributed by atoms with Crippen LogP contribution < -0.4 is 24.8 Å². The number of methoxy groups -OCH3 is 1. The van der Waals surface area contributed by atoms with Crippen LogP contribution in [-0.4, -0.2) is 77.5 Å². The second-order valence-electron chi connectivity index (χ2n) is 9.67. The van der Waals surface area contributed by atoms with Crippen LogP contribution in [0.15, 0.2) is 47.0 Å². The van der Waals surface area contributed by atoms with Crippen LogP contribution in [0.1, 0.15) is 34.1 Å². The molecule has 3 aliphatic rings. The Bertz CT molecular complexity index is 1400. The first-order chi connectivity index (χ1) is 19.9. The zero-order valence-corrected chi connectivity index (χ0v) is 23.6. The Labute approximate surface area is 241 Å². The van der Waals surface area contributed by atoms with Crippen molar-refractivity contribution in [3.05, 3.63) is 65.3 Å². The molecule has 13 heteroatoms. The van der Waals surface area contributed by atoms with Gasteiger partial charge < -0.3 is 34.3 Å². The highest BCUT2D eigenvalue weighted by Gasteiger charge is 2.34. The van der Waals surface area contributed by atoms with E-state index in [0.29, 0.717) is 54.0 Å². The SMILES string of the molecule is COc1ccc2cc1OCC(=O)NCc1ccc(cc1)O[C@@H]1CCN(C(=O)CSCc3nc(C)no3)C[C@@H]1NC2=O. The van der Waals surface area contributed by atoms with Crippen molar-refractivity contribution in [3.63, 3.8) is 0 Å². The first-order valence-electron chi connectivity index (χ1n) is 13.2. The number of fused-ring (bicyclic) bond motifs is 7. The number of amides is 3. The highest BCUT2D eigenvalue weighted by Crippen LogP contribution is 2.29. The van der Waals surface area contributed by atoms with Crippen LogP contribution in [0.2, 0.25) is 0 Å². The molecule has 2 atom stereocenters. The summed E-state index contributed by atoms with van der Waals surface area (Å²) in [5.74, 6) is 2.27. The first kappa shape index (κ1) is 28.3. The number of nitrogens with zero attached hydrogens (tertiary/aromatic N) is 3. The van der Waals surface area contributed by atoms with Crippen LogP contribution in [0.5, 0.6) is 17.2 Å². The molecule has 3 aliphatic heterocycles. The number of carbonyl (C=O) groups is 3. The van der Waals surface area contributed by atoms with Crippen molar-refractivity contribution >= 4 is 29.5 Å². The fraction of sp³-hybridized carbons (Fsp3) is 0.393. The zero-order chi connectivity index (χ0) is 28.8. The van der Waals surface area contributed by atoms with E-state index in [9.17, 15) is 14.4 Å². The molecule has 0 aliphatic carbocycles. The molecule has 12 nitrogen and oxygen atoms in total. The van der Waals surface area contributed by atoms with Gasteiger partial charge in [0.15, 0.2) is 23.9 Å². The van der Waals surface area contributed by atoms with Gasteiger partial charge in [-0.05, 0) is 42.8 Å². The third kappa shape index (κ3) is 7.28. The molecule has 3 amide bonds. The lowest BCUT2D eigenvalue weighted by Crippen LogP contribution is -2.58. The number of rotatable bonds is 5. The van der Waals surface area contributed by atoms with Crippen molar-refractivity contribution in [2.45, 2.75) is 37.8 Å². The maximum Gasteiger partial charge on any atom is 0.258 e. The minimum absolute atomic E-state index is 0.0519. The van der Waals surface area contributed by atoms with Crippen LogP contribution in [0.3, 0.4) is 0 Å². The third-order valence-corrected chi connectivity index (χ3v) is 7.63. The quantitative estimate of drug-likeness (QED) is 0.460. The van der Waals surface area contributed by atoms with Gasteiger partial charge in [0.25, 0.3) is 11.8 Å². The molecule has 0 saturated carbocycles. The van der Waals surface area contributed by atoms with E-state index < -0.39 is 6.04 Å². The lowest BCUT2D eigenvalue weighted by atomic mass is 10.0. The number of hydrogen-bond acceptors (Lipinski definition) is 10. The van der Waals surface area contributed by atoms with Crippen molar-refractivity contribution < 1.29 is 33.1 Å². The van der Waals surface area contributed by atoms with Crippen LogP contribution in [0.4, 0.5) is 0 Å². The van der Waals surface area contributed by atoms with Gasteiger partial charge in [0.2, 0.25) is 11.8 Å². The summed E-state index contributed by atoms with van der Waals surface area (Å²) in [6.07, 6.45) is 0.158. The molecule has 0 spiro atoms. The average molecular weight is 582 g/mol. The van der Waals surface area contributed by atoms with Crippen molar-refractivity contribution in [1.29, 1.82) is 0 Å². The largest absolute Gasteiger partial charge is 0.493 e. The molecule has 216 valence electrons. The Balaban J connectivity index is 1.34. The van der Waals surface area contributed by atoms with Gasteiger partial charge in [-0.3, -0.25) is 14.4 Å². The molecule has 3 aromatic rings. The molecule has 1 aromatic heterocycles. The van der Waals surface area contributed by atoms with E-state index in [1.54, 1.807) is 24.0 Å². The van der Waals surface area contributed by atoms with Crippen LogP contribution in [-0.2, 0) is 21.9 Å². The van der Waals surface area contributed by atoms with E-state index >= 15 is 0 Å². The molecule has 1 saturated heterocycles. The van der Waals surface area contributed by atoms with Gasteiger partial charge in [-0.2, -0.15) is 4.98 Å². The smallest absolute Gasteiger partial charge is 0.258 e. The maximum absolute atomic E-state index is 13.4. The minimum atomic E-state index is -0.478. The number of benzene rings is 2. The molecule has 6 rings (SSSR count). The summed E-state index contributed by atoms with van der Waals surface area (Å²) in [5, 5.41) is 9.64. The second-order valence-corrected chi connectivity index (χ2v) is 10.7. The molecule has 4 bridgehead atoms. The number of piperidine rings is 1. The fourth-order valence-electron chi connectivity index (χ4n) is 4.59.